The predicted octanol–water partition coefficient (Wildman–Crippen LogP) is 3.74. The topological polar surface area (TPSA) is 69.4 Å². The Kier molecular flexibility index (Phi) is 5.03. The zero-order valence-electron chi connectivity index (χ0n) is 13.8. The summed E-state index contributed by atoms with van der Waals surface area (Å²) in [6.07, 6.45) is 1.24. The first-order valence-electron chi connectivity index (χ1n) is 7.59. The lowest BCUT2D eigenvalue weighted by Crippen LogP contribution is -2.08. The summed E-state index contributed by atoms with van der Waals surface area (Å²) in [5.41, 5.74) is 1.07. The van der Waals surface area contributed by atoms with E-state index in [1.807, 2.05) is 0 Å². The molecular formula is C18H15F2NO4S. The normalized spacial score (nSPS) is 11.5. The number of nitrogens with zero attached hydrogens (tertiary/aromatic N) is 1. The maximum atomic E-state index is 13.7. The summed E-state index contributed by atoms with van der Waals surface area (Å²) < 4.78 is 61.4. The van der Waals surface area contributed by atoms with E-state index in [0.29, 0.717) is 11.1 Å². The molecule has 3 rings (SSSR count). The monoisotopic (exact) mass is 379 g/mol. The second-order valence-electron chi connectivity index (χ2n) is 5.65. The van der Waals surface area contributed by atoms with E-state index in [0.717, 1.165) is 6.07 Å². The number of oxazole rings is 1. The van der Waals surface area contributed by atoms with Crippen LogP contribution in [0.2, 0.25) is 0 Å². The summed E-state index contributed by atoms with van der Waals surface area (Å²) >= 11 is 0. The average Bonchev–Trinajstić information content (AvgIpc) is 3.03. The molecule has 0 bridgehead atoms. The molecule has 0 atom stereocenters. The minimum Gasteiger partial charge on any atom is -0.494 e. The van der Waals surface area contributed by atoms with E-state index in [9.17, 15) is 17.2 Å². The fourth-order valence-electron chi connectivity index (χ4n) is 2.43. The van der Waals surface area contributed by atoms with Gasteiger partial charge in [-0.25, -0.2) is 22.2 Å². The summed E-state index contributed by atoms with van der Waals surface area (Å²) in [4.78, 5) is 4.12. The molecule has 26 heavy (non-hydrogen) atoms. The van der Waals surface area contributed by atoms with E-state index in [1.165, 1.54) is 49.8 Å². The van der Waals surface area contributed by atoms with Crippen molar-refractivity contribution < 1.29 is 26.4 Å². The Morgan fingerprint density at radius 2 is 1.81 bits per heavy atom. The van der Waals surface area contributed by atoms with E-state index in [4.69, 9.17) is 9.15 Å². The molecule has 8 heteroatoms. The number of hydrogen-bond acceptors (Lipinski definition) is 5. The molecule has 0 aliphatic carbocycles. The van der Waals surface area contributed by atoms with Crippen LogP contribution < -0.4 is 4.74 Å². The van der Waals surface area contributed by atoms with Crippen molar-refractivity contribution >= 4 is 9.84 Å². The fraction of sp³-hybridized carbons (Fsp3) is 0.167. The second-order valence-corrected chi connectivity index (χ2v) is 7.72. The number of hydrogen-bond donors (Lipinski definition) is 0. The maximum Gasteiger partial charge on any atom is 0.226 e. The van der Waals surface area contributed by atoms with Crippen LogP contribution in [0.15, 0.2) is 53.1 Å². The molecule has 0 fully saturated rings. The Morgan fingerprint density at radius 3 is 2.46 bits per heavy atom. The number of benzene rings is 2. The molecule has 2 aromatic carbocycles. The molecule has 136 valence electrons. The van der Waals surface area contributed by atoms with Crippen LogP contribution in [0, 0.1) is 11.6 Å². The van der Waals surface area contributed by atoms with Crippen molar-refractivity contribution in [1.82, 2.24) is 4.98 Å². The minimum absolute atomic E-state index is 0.0478. The van der Waals surface area contributed by atoms with Crippen molar-refractivity contribution in [2.45, 2.75) is 11.5 Å². The zero-order valence-corrected chi connectivity index (χ0v) is 14.6. The van der Waals surface area contributed by atoms with Gasteiger partial charge in [-0.15, -0.1) is 0 Å². The third kappa shape index (κ3) is 4.26. The van der Waals surface area contributed by atoms with Gasteiger partial charge in [0.15, 0.2) is 21.4 Å². The van der Waals surface area contributed by atoms with Crippen LogP contribution in [-0.2, 0) is 21.3 Å². The fourth-order valence-corrected chi connectivity index (χ4v) is 3.80. The molecule has 0 radical (unpaired) electrons. The van der Waals surface area contributed by atoms with Gasteiger partial charge in [-0.2, -0.15) is 0 Å². The molecule has 0 N–H and O–H groups in total. The van der Waals surface area contributed by atoms with Gasteiger partial charge in [0.1, 0.15) is 12.1 Å². The summed E-state index contributed by atoms with van der Waals surface area (Å²) in [6, 6.07) is 9.49. The standard InChI is InChI=1S/C18H15F2NO4S/c1-24-17-7-2-12(8-16(17)20)10-26(22,23)11-15-9-25-18(21-15)13-3-5-14(19)6-4-13/h2-9H,10-11H2,1H3. The van der Waals surface area contributed by atoms with E-state index in [-0.39, 0.29) is 28.8 Å². The Balaban J connectivity index is 1.73. The van der Waals surface area contributed by atoms with Gasteiger partial charge >= 0.3 is 0 Å². The Bertz CT molecular complexity index is 1010. The molecule has 0 saturated heterocycles. The molecule has 1 aromatic heterocycles. The SMILES string of the molecule is COc1ccc(CS(=O)(=O)Cc2coc(-c3ccc(F)cc3)n2)cc1F. The first-order chi connectivity index (χ1) is 12.4. The van der Waals surface area contributed by atoms with E-state index in [1.54, 1.807) is 0 Å². The van der Waals surface area contributed by atoms with Crippen LogP contribution in [0.25, 0.3) is 11.5 Å². The highest BCUT2D eigenvalue weighted by atomic mass is 32.2. The Morgan fingerprint density at radius 1 is 1.08 bits per heavy atom. The highest BCUT2D eigenvalue weighted by molar-refractivity contribution is 7.89. The quantitative estimate of drug-likeness (QED) is 0.653. The predicted molar refractivity (Wildman–Crippen MR) is 91.2 cm³/mol. The Labute approximate surface area is 149 Å². The van der Waals surface area contributed by atoms with Gasteiger partial charge in [-0.1, -0.05) is 6.07 Å². The average molecular weight is 379 g/mol. The molecule has 0 unspecified atom stereocenters. The number of ether oxygens (including phenoxy) is 1. The van der Waals surface area contributed by atoms with Crippen LogP contribution in [0.3, 0.4) is 0 Å². The van der Waals surface area contributed by atoms with Gasteiger partial charge in [-0.3, -0.25) is 0 Å². The van der Waals surface area contributed by atoms with Crippen LogP contribution in [-0.4, -0.2) is 20.5 Å². The van der Waals surface area contributed by atoms with Gasteiger partial charge in [0.05, 0.1) is 24.3 Å². The summed E-state index contributed by atoms with van der Waals surface area (Å²) in [5, 5.41) is 0. The molecule has 0 spiro atoms. The number of aromatic nitrogens is 1. The van der Waals surface area contributed by atoms with Gasteiger partial charge in [-0.05, 0) is 42.0 Å². The van der Waals surface area contributed by atoms with Crippen molar-refractivity contribution in [3.63, 3.8) is 0 Å². The van der Waals surface area contributed by atoms with Crippen LogP contribution in [0.5, 0.6) is 5.75 Å². The lowest BCUT2D eigenvalue weighted by molar-refractivity contribution is 0.386. The van der Waals surface area contributed by atoms with Gasteiger partial charge in [0, 0.05) is 5.56 Å². The molecule has 1 heterocycles. The third-order valence-corrected chi connectivity index (χ3v) is 5.12. The van der Waals surface area contributed by atoms with Crippen molar-refractivity contribution in [3.8, 4) is 17.2 Å². The maximum absolute atomic E-state index is 13.7. The highest BCUT2D eigenvalue weighted by Gasteiger charge is 2.18. The second kappa shape index (κ2) is 7.25. The lowest BCUT2D eigenvalue weighted by Gasteiger charge is -2.05. The number of methoxy groups -OCH3 is 1. The zero-order chi connectivity index (χ0) is 18.7. The Hall–Kier alpha value is -2.74. The molecule has 0 aliphatic heterocycles. The largest absolute Gasteiger partial charge is 0.494 e. The molecule has 0 aliphatic rings. The number of rotatable bonds is 6. The van der Waals surface area contributed by atoms with Crippen molar-refractivity contribution in [2.24, 2.45) is 0 Å². The van der Waals surface area contributed by atoms with E-state index in [2.05, 4.69) is 4.98 Å². The summed E-state index contributed by atoms with van der Waals surface area (Å²) in [6.45, 7) is 0. The molecule has 0 amide bonds. The summed E-state index contributed by atoms with van der Waals surface area (Å²) in [7, 11) is -2.26. The van der Waals surface area contributed by atoms with Crippen LogP contribution in [0.4, 0.5) is 8.78 Å². The first kappa shape index (κ1) is 18.1. The smallest absolute Gasteiger partial charge is 0.226 e. The molecular weight excluding hydrogens is 364 g/mol. The van der Waals surface area contributed by atoms with Gasteiger partial charge < -0.3 is 9.15 Å². The lowest BCUT2D eigenvalue weighted by atomic mass is 10.2. The van der Waals surface area contributed by atoms with Crippen LogP contribution in [0.1, 0.15) is 11.3 Å². The molecule has 5 nitrogen and oxygen atoms in total. The van der Waals surface area contributed by atoms with Gasteiger partial charge in [0.2, 0.25) is 5.89 Å². The summed E-state index contributed by atoms with van der Waals surface area (Å²) in [5.74, 6) is -1.47. The highest BCUT2D eigenvalue weighted by Crippen LogP contribution is 2.22. The van der Waals surface area contributed by atoms with Crippen molar-refractivity contribution in [2.75, 3.05) is 7.11 Å². The van der Waals surface area contributed by atoms with Crippen molar-refractivity contribution in [1.29, 1.82) is 0 Å². The number of sulfone groups is 1. The number of halogens is 2. The first-order valence-corrected chi connectivity index (χ1v) is 9.41. The minimum atomic E-state index is -3.59. The molecule has 3 aromatic rings. The molecule has 0 saturated carbocycles. The van der Waals surface area contributed by atoms with Crippen molar-refractivity contribution in [3.05, 3.63) is 71.6 Å². The van der Waals surface area contributed by atoms with E-state index < -0.39 is 21.5 Å². The van der Waals surface area contributed by atoms with Gasteiger partial charge in [0.25, 0.3) is 0 Å². The van der Waals surface area contributed by atoms with Crippen LogP contribution >= 0.6 is 0 Å². The van der Waals surface area contributed by atoms with E-state index >= 15 is 0 Å². The third-order valence-electron chi connectivity index (χ3n) is 3.61.